The van der Waals surface area contributed by atoms with Crippen LogP contribution < -0.4 is 10.6 Å². The third-order valence-electron chi connectivity index (χ3n) is 5.79. The topological polar surface area (TPSA) is 87.7 Å². The third kappa shape index (κ3) is 6.01. The van der Waals surface area contributed by atoms with Gasteiger partial charge in [0.05, 0.1) is 11.3 Å². The Morgan fingerprint density at radius 1 is 0.794 bits per heavy atom. The SMILES string of the molecule is O=C(OCC(=O)N1CCC(C(=O)Nc2ccccc2)CC1)c1ccccc1Nc1ccccc1. The molecule has 7 heteroatoms. The molecule has 0 unspecified atom stereocenters. The zero-order valence-electron chi connectivity index (χ0n) is 18.8. The van der Waals surface area contributed by atoms with Crippen LogP contribution in [0.4, 0.5) is 17.1 Å². The second-order valence-electron chi connectivity index (χ2n) is 8.12. The molecular weight excluding hydrogens is 430 g/mol. The number of carbonyl (C=O) groups is 3. The summed E-state index contributed by atoms with van der Waals surface area (Å²) < 4.78 is 5.33. The minimum absolute atomic E-state index is 0.0350. The molecule has 0 spiro atoms. The molecule has 174 valence electrons. The normalized spacial score (nSPS) is 13.7. The summed E-state index contributed by atoms with van der Waals surface area (Å²) in [4.78, 5) is 39.4. The number of ether oxygens (including phenoxy) is 1. The zero-order valence-corrected chi connectivity index (χ0v) is 18.8. The van der Waals surface area contributed by atoms with Crippen molar-refractivity contribution in [3.63, 3.8) is 0 Å². The number of hydrogen-bond acceptors (Lipinski definition) is 5. The molecule has 1 heterocycles. The van der Waals surface area contributed by atoms with Crippen LogP contribution in [0.5, 0.6) is 0 Å². The fraction of sp³-hybridized carbons (Fsp3) is 0.222. The summed E-state index contributed by atoms with van der Waals surface area (Å²) in [6, 6.07) is 25.9. The lowest BCUT2D eigenvalue weighted by Gasteiger charge is -2.31. The van der Waals surface area contributed by atoms with Crippen LogP contribution in [0.3, 0.4) is 0 Å². The Labute approximate surface area is 198 Å². The molecule has 0 bridgehead atoms. The first-order chi connectivity index (χ1) is 16.6. The number of anilines is 3. The predicted octanol–water partition coefficient (Wildman–Crippen LogP) is 4.46. The van der Waals surface area contributed by atoms with Gasteiger partial charge in [-0.3, -0.25) is 9.59 Å². The molecule has 1 aliphatic rings. The van der Waals surface area contributed by atoms with Crippen LogP contribution in [0.15, 0.2) is 84.9 Å². The zero-order chi connectivity index (χ0) is 23.8. The largest absolute Gasteiger partial charge is 0.452 e. The molecule has 3 aromatic carbocycles. The summed E-state index contributed by atoms with van der Waals surface area (Å²) in [5.41, 5.74) is 2.57. The van der Waals surface area contributed by atoms with Gasteiger partial charge in [0, 0.05) is 30.4 Å². The van der Waals surface area contributed by atoms with E-state index in [4.69, 9.17) is 4.74 Å². The van der Waals surface area contributed by atoms with E-state index in [9.17, 15) is 14.4 Å². The lowest BCUT2D eigenvalue weighted by molar-refractivity contribution is -0.137. The standard InChI is InChI=1S/C27H27N3O4/c31-25(30-17-15-20(16-18-30)26(32)29-22-11-5-2-6-12-22)19-34-27(33)23-13-7-8-14-24(23)28-21-9-3-1-4-10-21/h1-14,20,28H,15-19H2,(H,29,32). The number of benzene rings is 3. The molecule has 0 aliphatic carbocycles. The summed E-state index contributed by atoms with van der Waals surface area (Å²) in [5.74, 6) is -1.01. The van der Waals surface area contributed by atoms with Crippen LogP contribution in [0.2, 0.25) is 0 Å². The van der Waals surface area contributed by atoms with E-state index in [1.54, 1.807) is 23.1 Å². The Bertz CT molecular complexity index is 1130. The maximum Gasteiger partial charge on any atom is 0.340 e. The van der Waals surface area contributed by atoms with Crippen molar-refractivity contribution in [2.75, 3.05) is 30.3 Å². The van der Waals surface area contributed by atoms with Gasteiger partial charge in [-0.2, -0.15) is 0 Å². The molecular formula is C27H27N3O4. The van der Waals surface area contributed by atoms with E-state index in [-0.39, 0.29) is 24.3 Å². The quantitative estimate of drug-likeness (QED) is 0.512. The summed E-state index contributed by atoms with van der Waals surface area (Å²) in [5, 5.41) is 6.12. The molecule has 0 atom stereocenters. The van der Waals surface area contributed by atoms with Gasteiger partial charge in [0.2, 0.25) is 5.91 Å². The number of esters is 1. The van der Waals surface area contributed by atoms with Crippen molar-refractivity contribution in [3.8, 4) is 0 Å². The number of para-hydroxylation sites is 3. The van der Waals surface area contributed by atoms with E-state index in [0.29, 0.717) is 37.2 Å². The van der Waals surface area contributed by atoms with Gasteiger partial charge in [0.15, 0.2) is 6.61 Å². The van der Waals surface area contributed by atoms with E-state index in [1.165, 1.54) is 0 Å². The molecule has 34 heavy (non-hydrogen) atoms. The van der Waals surface area contributed by atoms with Crippen LogP contribution in [0, 0.1) is 5.92 Å². The summed E-state index contributed by atoms with van der Waals surface area (Å²) in [6.07, 6.45) is 1.14. The van der Waals surface area contributed by atoms with E-state index in [0.717, 1.165) is 11.4 Å². The minimum atomic E-state index is -0.565. The van der Waals surface area contributed by atoms with Crippen LogP contribution in [0.1, 0.15) is 23.2 Å². The van der Waals surface area contributed by atoms with Gasteiger partial charge in [0.25, 0.3) is 5.91 Å². The average molecular weight is 458 g/mol. The maximum atomic E-state index is 12.7. The predicted molar refractivity (Wildman–Crippen MR) is 131 cm³/mol. The number of amides is 2. The van der Waals surface area contributed by atoms with E-state index >= 15 is 0 Å². The van der Waals surface area contributed by atoms with Gasteiger partial charge in [-0.1, -0.05) is 48.5 Å². The Kier molecular flexibility index (Phi) is 7.55. The molecule has 0 saturated carbocycles. The smallest absolute Gasteiger partial charge is 0.340 e. The second kappa shape index (κ2) is 11.1. The van der Waals surface area contributed by atoms with Gasteiger partial charge >= 0.3 is 5.97 Å². The minimum Gasteiger partial charge on any atom is -0.452 e. The van der Waals surface area contributed by atoms with Gasteiger partial charge in [-0.15, -0.1) is 0 Å². The second-order valence-corrected chi connectivity index (χ2v) is 8.12. The molecule has 1 aliphatic heterocycles. The first-order valence-electron chi connectivity index (χ1n) is 11.3. The maximum absolute atomic E-state index is 12.7. The molecule has 4 rings (SSSR count). The number of nitrogens with one attached hydrogen (secondary N) is 2. The number of piperidine rings is 1. The highest BCUT2D eigenvalue weighted by atomic mass is 16.5. The average Bonchev–Trinajstić information content (AvgIpc) is 2.88. The summed E-state index contributed by atoms with van der Waals surface area (Å²) in [6.45, 7) is 0.574. The van der Waals surface area contributed by atoms with Crippen molar-refractivity contribution < 1.29 is 19.1 Å². The lowest BCUT2D eigenvalue weighted by Crippen LogP contribution is -2.43. The molecule has 3 aromatic rings. The van der Waals surface area contributed by atoms with E-state index < -0.39 is 5.97 Å². The highest BCUT2D eigenvalue weighted by Gasteiger charge is 2.28. The lowest BCUT2D eigenvalue weighted by atomic mass is 9.95. The molecule has 2 N–H and O–H groups in total. The number of carbonyl (C=O) groups excluding carboxylic acids is 3. The van der Waals surface area contributed by atoms with Gasteiger partial charge in [0.1, 0.15) is 0 Å². The number of hydrogen-bond donors (Lipinski definition) is 2. The van der Waals surface area contributed by atoms with Crippen molar-refractivity contribution in [1.82, 2.24) is 4.90 Å². The number of rotatable bonds is 7. The van der Waals surface area contributed by atoms with Crippen molar-refractivity contribution in [2.24, 2.45) is 5.92 Å². The highest BCUT2D eigenvalue weighted by Crippen LogP contribution is 2.22. The number of likely N-dealkylation sites (tertiary alicyclic amines) is 1. The van der Waals surface area contributed by atoms with Crippen LogP contribution in [-0.2, 0) is 14.3 Å². The van der Waals surface area contributed by atoms with Crippen molar-refractivity contribution in [3.05, 3.63) is 90.5 Å². The Morgan fingerprint density at radius 2 is 1.38 bits per heavy atom. The fourth-order valence-corrected chi connectivity index (χ4v) is 3.90. The highest BCUT2D eigenvalue weighted by molar-refractivity contribution is 5.97. The number of nitrogens with zero attached hydrogens (tertiary/aromatic N) is 1. The van der Waals surface area contributed by atoms with E-state index in [1.807, 2.05) is 66.7 Å². The Balaban J connectivity index is 1.26. The van der Waals surface area contributed by atoms with Crippen LogP contribution >= 0.6 is 0 Å². The third-order valence-corrected chi connectivity index (χ3v) is 5.79. The molecule has 7 nitrogen and oxygen atoms in total. The van der Waals surface area contributed by atoms with Crippen molar-refractivity contribution in [1.29, 1.82) is 0 Å². The van der Waals surface area contributed by atoms with Gasteiger partial charge in [-0.05, 0) is 49.2 Å². The molecule has 0 radical (unpaired) electrons. The van der Waals surface area contributed by atoms with Crippen molar-refractivity contribution >= 4 is 34.8 Å². The molecule has 1 fully saturated rings. The summed E-state index contributed by atoms with van der Waals surface area (Å²) in [7, 11) is 0. The van der Waals surface area contributed by atoms with Gasteiger partial charge < -0.3 is 20.3 Å². The van der Waals surface area contributed by atoms with E-state index in [2.05, 4.69) is 10.6 Å². The molecule has 0 aromatic heterocycles. The Morgan fingerprint density at radius 3 is 2.06 bits per heavy atom. The summed E-state index contributed by atoms with van der Waals surface area (Å²) >= 11 is 0. The molecule has 2 amide bonds. The molecule has 1 saturated heterocycles. The van der Waals surface area contributed by atoms with Gasteiger partial charge in [-0.25, -0.2) is 4.79 Å². The van der Waals surface area contributed by atoms with Crippen LogP contribution in [-0.4, -0.2) is 42.4 Å². The first-order valence-corrected chi connectivity index (χ1v) is 11.3. The first kappa shape index (κ1) is 23.0. The van der Waals surface area contributed by atoms with Crippen LogP contribution in [0.25, 0.3) is 0 Å². The van der Waals surface area contributed by atoms with Crippen molar-refractivity contribution in [2.45, 2.75) is 12.8 Å². The monoisotopic (exact) mass is 457 g/mol. The Hall–Kier alpha value is -4.13. The fourth-order valence-electron chi connectivity index (χ4n) is 3.90.